The van der Waals surface area contributed by atoms with Crippen LogP contribution in [0.2, 0.25) is 0 Å². The number of ether oxygens (including phenoxy) is 1. The highest BCUT2D eigenvalue weighted by atomic mass is 16.5. The van der Waals surface area contributed by atoms with Crippen LogP contribution < -0.4 is 10.1 Å². The molecule has 27 heavy (non-hydrogen) atoms. The van der Waals surface area contributed by atoms with E-state index in [-0.39, 0.29) is 5.91 Å². The van der Waals surface area contributed by atoms with E-state index in [4.69, 9.17) is 4.74 Å². The maximum Gasteiger partial charge on any atom is 0.234 e. The Morgan fingerprint density at radius 3 is 2.56 bits per heavy atom. The van der Waals surface area contributed by atoms with Crippen LogP contribution in [0.3, 0.4) is 0 Å². The summed E-state index contributed by atoms with van der Waals surface area (Å²) >= 11 is 0. The van der Waals surface area contributed by atoms with Crippen molar-refractivity contribution in [2.45, 2.75) is 6.54 Å². The standard InChI is InChI=1S/C21H24N4O2/c1-24(15-18-14-23-25(16-18)19-8-4-2-5-9-19)17-21(26)22-12-13-27-20-10-6-3-7-11-20/h2-11,14,16H,12-13,15,17H2,1H3,(H,22,26). The predicted octanol–water partition coefficient (Wildman–Crippen LogP) is 2.50. The molecule has 2 aromatic carbocycles. The molecule has 1 heterocycles. The Hall–Kier alpha value is -3.12. The summed E-state index contributed by atoms with van der Waals surface area (Å²) in [6, 6.07) is 19.5. The molecule has 0 spiro atoms. The van der Waals surface area contributed by atoms with Gasteiger partial charge in [0.1, 0.15) is 12.4 Å². The summed E-state index contributed by atoms with van der Waals surface area (Å²) in [6.07, 6.45) is 3.81. The van der Waals surface area contributed by atoms with Crippen molar-refractivity contribution in [2.24, 2.45) is 0 Å². The molecule has 1 N–H and O–H groups in total. The van der Waals surface area contributed by atoms with E-state index in [0.717, 1.165) is 17.0 Å². The second-order valence-electron chi connectivity index (χ2n) is 6.31. The summed E-state index contributed by atoms with van der Waals surface area (Å²) in [7, 11) is 1.92. The summed E-state index contributed by atoms with van der Waals surface area (Å²) < 4.78 is 7.40. The minimum Gasteiger partial charge on any atom is -0.492 e. The first-order valence-corrected chi connectivity index (χ1v) is 8.93. The first-order valence-electron chi connectivity index (χ1n) is 8.93. The van der Waals surface area contributed by atoms with Gasteiger partial charge in [0.05, 0.1) is 25.0 Å². The highest BCUT2D eigenvalue weighted by Gasteiger charge is 2.08. The molecule has 0 saturated heterocycles. The number of aromatic nitrogens is 2. The number of likely N-dealkylation sites (N-methyl/N-ethyl adjacent to an activating group) is 1. The van der Waals surface area contributed by atoms with Gasteiger partial charge in [-0.25, -0.2) is 4.68 Å². The quantitative estimate of drug-likeness (QED) is 0.593. The van der Waals surface area contributed by atoms with E-state index in [0.29, 0.717) is 26.2 Å². The topological polar surface area (TPSA) is 59.4 Å². The fraction of sp³-hybridized carbons (Fsp3) is 0.238. The van der Waals surface area contributed by atoms with Crippen LogP contribution in [-0.2, 0) is 11.3 Å². The minimum absolute atomic E-state index is 0.0235. The van der Waals surface area contributed by atoms with E-state index >= 15 is 0 Å². The molecule has 1 amide bonds. The summed E-state index contributed by atoms with van der Waals surface area (Å²) in [4.78, 5) is 14.0. The molecular formula is C21H24N4O2. The molecule has 1 aromatic heterocycles. The van der Waals surface area contributed by atoms with Gasteiger partial charge in [0.25, 0.3) is 0 Å². The molecule has 0 radical (unpaired) electrons. The SMILES string of the molecule is CN(CC(=O)NCCOc1ccccc1)Cc1cnn(-c2ccccc2)c1. The van der Waals surface area contributed by atoms with Crippen molar-refractivity contribution in [1.82, 2.24) is 20.0 Å². The van der Waals surface area contributed by atoms with Crippen molar-refractivity contribution >= 4 is 5.91 Å². The van der Waals surface area contributed by atoms with Gasteiger partial charge in [-0.3, -0.25) is 9.69 Å². The second kappa shape index (κ2) is 9.54. The van der Waals surface area contributed by atoms with Gasteiger partial charge in [-0.1, -0.05) is 36.4 Å². The van der Waals surface area contributed by atoms with Gasteiger partial charge in [-0.15, -0.1) is 0 Å². The lowest BCUT2D eigenvalue weighted by molar-refractivity contribution is -0.122. The molecule has 0 unspecified atom stereocenters. The zero-order chi connectivity index (χ0) is 18.9. The zero-order valence-corrected chi connectivity index (χ0v) is 15.4. The Morgan fingerprint density at radius 2 is 1.81 bits per heavy atom. The number of carbonyl (C=O) groups excluding carboxylic acids is 1. The van der Waals surface area contributed by atoms with Crippen LogP contribution in [0.15, 0.2) is 73.1 Å². The number of carbonyl (C=O) groups is 1. The minimum atomic E-state index is -0.0235. The normalized spacial score (nSPS) is 10.7. The summed E-state index contributed by atoms with van der Waals surface area (Å²) in [5.41, 5.74) is 2.07. The summed E-state index contributed by atoms with van der Waals surface area (Å²) in [6.45, 7) is 1.90. The van der Waals surface area contributed by atoms with Crippen molar-refractivity contribution < 1.29 is 9.53 Å². The van der Waals surface area contributed by atoms with Gasteiger partial charge in [-0.05, 0) is 31.3 Å². The molecule has 6 nitrogen and oxygen atoms in total. The average molecular weight is 364 g/mol. The van der Waals surface area contributed by atoms with E-state index in [1.165, 1.54) is 0 Å². The third-order valence-corrected chi connectivity index (χ3v) is 3.96. The van der Waals surface area contributed by atoms with Gasteiger partial charge >= 0.3 is 0 Å². The highest BCUT2D eigenvalue weighted by Crippen LogP contribution is 2.09. The molecule has 0 saturated carbocycles. The average Bonchev–Trinajstić information content (AvgIpc) is 3.15. The van der Waals surface area contributed by atoms with Crippen LogP contribution in [0.1, 0.15) is 5.56 Å². The van der Waals surface area contributed by atoms with Crippen LogP contribution in [0.25, 0.3) is 5.69 Å². The van der Waals surface area contributed by atoms with Crippen molar-refractivity contribution in [3.05, 3.63) is 78.6 Å². The third-order valence-electron chi connectivity index (χ3n) is 3.96. The fourth-order valence-electron chi connectivity index (χ4n) is 2.71. The number of amides is 1. The zero-order valence-electron chi connectivity index (χ0n) is 15.4. The Labute approximate surface area is 159 Å². The van der Waals surface area contributed by atoms with Crippen LogP contribution in [0.4, 0.5) is 0 Å². The fourth-order valence-corrected chi connectivity index (χ4v) is 2.71. The molecule has 0 bridgehead atoms. The third kappa shape index (κ3) is 5.97. The van der Waals surface area contributed by atoms with E-state index in [1.807, 2.05) is 89.7 Å². The number of nitrogens with one attached hydrogen (secondary N) is 1. The van der Waals surface area contributed by atoms with Gasteiger partial charge in [-0.2, -0.15) is 5.10 Å². The van der Waals surface area contributed by atoms with Crippen LogP contribution in [0, 0.1) is 0 Å². The molecule has 6 heteroatoms. The van der Waals surface area contributed by atoms with E-state index < -0.39 is 0 Å². The molecule has 140 valence electrons. The van der Waals surface area contributed by atoms with E-state index in [1.54, 1.807) is 0 Å². The largest absolute Gasteiger partial charge is 0.492 e. The lowest BCUT2D eigenvalue weighted by Crippen LogP contribution is -2.36. The van der Waals surface area contributed by atoms with Gasteiger partial charge in [0, 0.05) is 18.3 Å². The van der Waals surface area contributed by atoms with Crippen LogP contribution in [0.5, 0.6) is 5.75 Å². The van der Waals surface area contributed by atoms with Crippen molar-refractivity contribution in [2.75, 3.05) is 26.7 Å². The van der Waals surface area contributed by atoms with Gasteiger partial charge in [0.2, 0.25) is 5.91 Å². The Bertz CT molecular complexity index is 834. The lowest BCUT2D eigenvalue weighted by atomic mass is 10.3. The monoisotopic (exact) mass is 364 g/mol. The molecule has 0 aliphatic carbocycles. The number of hydrogen-bond donors (Lipinski definition) is 1. The van der Waals surface area contributed by atoms with E-state index in [9.17, 15) is 4.79 Å². The molecule has 0 aliphatic heterocycles. The Kier molecular flexibility index (Phi) is 6.60. The van der Waals surface area contributed by atoms with Crippen LogP contribution in [-0.4, -0.2) is 47.3 Å². The number of hydrogen-bond acceptors (Lipinski definition) is 4. The number of benzene rings is 2. The summed E-state index contributed by atoms with van der Waals surface area (Å²) in [5, 5.41) is 7.26. The number of rotatable bonds is 9. The smallest absolute Gasteiger partial charge is 0.234 e. The maximum absolute atomic E-state index is 12.1. The van der Waals surface area contributed by atoms with Gasteiger partial charge < -0.3 is 10.1 Å². The van der Waals surface area contributed by atoms with Crippen molar-refractivity contribution in [3.63, 3.8) is 0 Å². The molecular weight excluding hydrogens is 340 g/mol. The molecule has 0 aliphatic rings. The highest BCUT2D eigenvalue weighted by molar-refractivity contribution is 5.77. The van der Waals surface area contributed by atoms with E-state index in [2.05, 4.69) is 10.4 Å². The predicted molar refractivity (Wildman–Crippen MR) is 105 cm³/mol. The Balaban J connectivity index is 1.38. The van der Waals surface area contributed by atoms with Crippen molar-refractivity contribution in [3.8, 4) is 11.4 Å². The summed E-state index contributed by atoms with van der Waals surface area (Å²) in [5.74, 6) is 0.781. The first-order chi connectivity index (χ1) is 13.2. The number of para-hydroxylation sites is 2. The Morgan fingerprint density at radius 1 is 1.11 bits per heavy atom. The lowest BCUT2D eigenvalue weighted by Gasteiger charge is -2.15. The maximum atomic E-state index is 12.1. The molecule has 0 atom stereocenters. The molecule has 3 rings (SSSR count). The molecule has 3 aromatic rings. The first kappa shape index (κ1) is 18.7. The molecule has 0 fully saturated rings. The van der Waals surface area contributed by atoms with Gasteiger partial charge in [0.15, 0.2) is 0 Å². The number of nitrogens with zero attached hydrogens (tertiary/aromatic N) is 3. The second-order valence-corrected chi connectivity index (χ2v) is 6.31. The van der Waals surface area contributed by atoms with Crippen LogP contribution >= 0.6 is 0 Å². The van der Waals surface area contributed by atoms with Crippen molar-refractivity contribution in [1.29, 1.82) is 0 Å².